The van der Waals surface area contributed by atoms with Crippen molar-refractivity contribution in [3.8, 4) is 5.75 Å². The number of aromatic nitrogens is 1. The monoisotopic (exact) mass is 381 g/mol. The van der Waals surface area contributed by atoms with E-state index in [1.54, 1.807) is 12.0 Å². The van der Waals surface area contributed by atoms with Crippen molar-refractivity contribution in [1.29, 1.82) is 0 Å². The van der Waals surface area contributed by atoms with Crippen molar-refractivity contribution < 1.29 is 14.3 Å². The van der Waals surface area contributed by atoms with Gasteiger partial charge in [-0.1, -0.05) is 41.7 Å². The minimum absolute atomic E-state index is 0.0634. The molecular formula is C20H19N3O3S. The summed E-state index contributed by atoms with van der Waals surface area (Å²) >= 11 is 1.47. The van der Waals surface area contributed by atoms with Gasteiger partial charge in [0.1, 0.15) is 5.75 Å². The number of nitrogens with zero attached hydrogens (tertiary/aromatic N) is 2. The maximum absolute atomic E-state index is 12.6. The molecule has 4 rings (SSSR count). The zero-order valence-corrected chi connectivity index (χ0v) is 15.7. The molecule has 0 spiro atoms. The predicted octanol–water partition coefficient (Wildman–Crippen LogP) is 2.97. The molecule has 2 amide bonds. The van der Waals surface area contributed by atoms with E-state index in [1.165, 1.54) is 11.3 Å². The lowest BCUT2D eigenvalue weighted by molar-refractivity contribution is -0.126. The second kappa shape index (κ2) is 7.36. The van der Waals surface area contributed by atoms with Gasteiger partial charge in [-0.2, -0.15) is 0 Å². The Morgan fingerprint density at radius 1 is 1.26 bits per heavy atom. The van der Waals surface area contributed by atoms with Crippen molar-refractivity contribution in [2.75, 3.05) is 18.6 Å². The summed E-state index contributed by atoms with van der Waals surface area (Å²) in [5, 5.41) is 3.57. The Balaban J connectivity index is 1.43. The van der Waals surface area contributed by atoms with E-state index < -0.39 is 0 Å². The summed E-state index contributed by atoms with van der Waals surface area (Å²) in [5.74, 6) is 0.167. The van der Waals surface area contributed by atoms with Gasteiger partial charge in [-0.25, -0.2) is 4.98 Å². The van der Waals surface area contributed by atoms with Crippen molar-refractivity contribution in [2.24, 2.45) is 5.92 Å². The quantitative estimate of drug-likeness (QED) is 0.738. The van der Waals surface area contributed by atoms with Crippen molar-refractivity contribution in [2.45, 2.75) is 13.0 Å². The molecule has 0 radical (unpaired) electrons. The molecule has 1 atom stereocenters. The largest absolute Gasteiger partial charge is 0.496 e. The van der Waals surface area contributed by atoms with Crippen LogP contribution in [0.5, 0.6) is 5.75 Å². The van der Waals surface area contributed by atoms with Gasteiger partial charge in [-0.05, 0) is 18.2 Å². The molecule has 1 unspecified atom stereocenters. The van der Waals surface area contributed by atoms with Crippen LogP contribution in [0.2, 0.25) is 0 Å². The molecule has 0 aliphatic carbocycles. The van der Waals surface area contributed by atoms with E-state index in [1.807, 2.05) is 48.5 Å². The SMILES string of the molecule is COc1ccccc1CNC(=O)C1CC(=O)N(c2nc3ccccc3s2)C1. The van der Waals surface area contributed by atoms with Crippen LogP contribution in [-0.2, 0) is 16.1 Å². The topological polar surface area (TPSA) is 71.5 Å². The number of benzene rings is 2. The van der Waals surface area contributed by atoms with Gasteiger partial charge in [-0.3, -0.25) is 14.5 Å². The normalized spacial score (nSPS) is 16.7. The van der Waals surface area contributed by atoms with Crippen molar-refractivity contribution >= 4 is 38.5 Å². The lowest BCUT2D eigenvalue weighted by Gasteiger charge is -2.14. The van der Waals surface area contributed by atoms with Gasteiger partial charge < -0.3 is 10.1 Å². The van der Waals surface area contributed by atoms with Crippen LogP contribution in [0.15, 0.2) is 48.5 Å². The van der Waals surface area contributed by atoms with Crippen molar-refractivity contribution in [3.05, 3.63) is 54.1 Å². The molecular weight excluding hydrogens is 362 g/mol. The highest BCUT2D eigenvalue weighted by atomic mass is 32.1. The Morgan fingerprint density at radius 2 is 2.04 bits per heavy atom. The van der Waals surface area contributed by atoms with Gasteiger partial charge in [0.05, 0.1) is 23.2 Å². The zero-order valence-electron chi connectivity index (χ0n) is 14.8. The summed E-state index contributed by atoms with van der Waals surface area (Å²) in [6, 6.07) is 15.3. The van der Waals surface area contributed by atoms with Crippen LogP contribution in [0, 0.1) is 5.92 Å². The summed E-state index contributed by atoms with van der Waals surface area (Å²) in [6.45, 7) is 0.727. The Morgan fingerprint density at radius 3 is 2.85 bits per heavy atom. The summed E-state index contributed by atoms with van der Waals surface area (Å²) in [4.78, 5) is 31.2. The van der Waals surface area contributed by atoms with Gasteiger partial charge in [0.2, 0.25) is 11.8 Å². The molecule has 0 bridgehead atoms. The predicted molar refractivity (Wildman–Crippen MR) is 105 cm³/mol. The number of ether oxygens (including phenoxy) is 1. The first kappa shape index (κ1) is 17.5. The molecule has 138 valence electrons. The summed E-state index contributed by atoms with van der Waals surface area (Å²) in [5.41, 5.74) is 1.77. The molecule has 0 saturated carbocycles. The van der Waals surface area contributed by atoms with Crippen LogP contribution in [-0.4, -0.2) is 30.5 Å². The number of hydrogen-bond donors (Lipinski definition) is 1. The van der Waals surface area contributed by atoms with Gasteiger partial charge in [0.15, 0.2) is 5.13 Å². The smallest absolute Gasteiger partial charge is 0.229 e. The van der Waals surface area contributed by atoms with E-state index in [2.05, 4.69) is 10.3 Å². The minimum atomic E-state index is -0.376. The van der Waals surface area contributed by atoms with E-state index in [-0.39, 0.29) is 24.2 Å². The number of carbonyl (C=O) groups is 2. The third-order valence-electron chi connectivity index (χ3n) is 4.65. The maximum atomic E-state index is 12.6. The molecule has 27 heavy (non-hydrogen) atoms. The van der Waals surface area contributed by atoms with E-state index in [4.69, 9.17) is 4.74 Å². The maximum Gasteiger partial charge on any atom is 0.229 e. The van der Waals surface area contributed by atoms with Crippen LogP contribution in [0.25, 0.3) is 10.2 Å². The number of anilines is 1. The fraction of sp³-hybridized carbons (Fsp3) is 0.250. The highest BCUT2D eigenvalue weighted by Crippen LogP contribution is 2.32. The fourth-order valence-electron chi connectivity index (χ4n) is 3.22. The summed E-state index contributed by atoms with van der Waals surface area (Å²) < 4.78 is 6.34. The van der Waals surface area contributed by atoms with Crippen molar-refractivity contribution in [1.82, 2.24) is 10.3 Å². The van der Waals surface area contributed by atoms with Gasteiger partial charge in [0.25, 0.3) is 0 Å². The van der Waals surface area contributed by atoms with Crippen LogP contribution in [0.1, 0.15) is 12.0 Å². The first-order valence-corrected chi connectivity index (χ1v) is 9.53. The fourth-order valence-corrected chi connectivity index (χ4v) is 4.21. The second-order valence-corrected chi connectivity index (χ2v) is 7.41. The van der Waals surface area contributed by atoms with Crippen LogP contribution < -0.4 is 15.0 Å². The molecule has 1 aromatic heterocycles. The average molecular weight is 381 g/mol. The zero-order chi connectivity index (χ0) is 18.8. The molecule has 1 N–H and O–H groups in total. The van der Waals surface area contributed by atoms with Crippen LogP contribution >= 0.6 is 11.3 Å². The van der Waals surface area contributed by atoms with Crippen LogP contribution in [0.4, 0.5) is 5.13 Å². The highest BCUT2D eigenvalue weighted by molar-refractivity contribution is 7.22. The van der Waals surface area contributed by atoms with E-state index >= 15 is 0 Å². The third-order valence-corrected chi connectivity index (χ3v) is 5.71. The lowest BCUT2D eigenvalue weighted by Crippen LogP contribution is -2.32. The Bertz CT molecular complexity index is 968. The molecule has 1 aliphatic heterocycles. The Kier molecular flexibility index (Phi) is 4.77. The molecule has 2 aromatic carbocycles. The number of carbonyl (C=O) groups excluding carboxylic acids is 2. The van der Waals surface area contributed by atoms with Gasteiger partial charge in [0, 0.05) is 25.1 Å². The molecule has 1 aliphatic rings. The molecule has 7 heteroatoms. The number of nitrogens with one attached hydrogen (secondary N) is 1. The number of fused-ring (bicyclic) bond motifs is 1. The summed E-state index contributed by atoms with van der Waals surface area (Å²) in [6.07, 6.45) is 0.202. The molecule has 3 aromatic rings. The molecule has 1 fully saturated rings. The molecule has 6 nitrogen and oxygen atoms in total. The number of methoxy groups -OCH3 is 1. The number of hydrogen-bond acceptors (Lipinski definition) is 5. The number of thiazole rings is 1. The second-order valence-electron chi connectivity index (χ2n) is 6.40. The van der Waals surface area contributed by atoms with E-state index in [9.17, 15) is 9.59 Å². The summed E-state index contributed by atoms with van der Waals surface area (Å²) in [7, 11) is 1.60. The Hall–Kier alpha value is -2.93. The highest BCUT2D eigenvalue weighted by Gasteiger charge is 2.36. The third kappa shape index (κ3) is 3.50. The van der Waals surface area contributed by atoms with Gasteiger partial charge >= 0.3 is 0 Å². The first-order chi connectivity index (χ1) is 13.2. The lowest BCUT2D eigenvalue weighted by atomic mass is 10.1. The van der Waals surface area contributed by atoms with Crippen molar-refractivity contribution in [3.63, 3.8) is 0 Å². The van der Waals surface area contributed by atoms with E-state index in [0.29, 0.717) is 18.2 Å². The molecule has 1 saturated heterocycles. The van der Waals surface area contributed by atoms with E-state index in [0.717, 1.165) is 21.5 Å². The first-order valence-electron chi connectivity index (χ1n) is 8.71. The Labute approximate surface area is 160 Å². The number of amides is 2. The molecule has 2 heterocycles. The standard InChI is InChI=1S/C20H19N3O3S/c1-26-16-8-4-2-6-13(16)11-21-19(25)14-10-18(24)23(12-14)20-22-15-7-3-5-9-17(15)27-20/h2-9,14H,10-12H2,1H3,(H,21,25). The average Bonchev–Trinajstić information content (AvgIpc) is 3.29. The minimum Gasteiger partial charge on any atom is -0.496 e. The van der Waals surface area contributed by atoms with Crippen LogP contribution in [0.3, 0.4) is 0 Å². The number of rotatable bonds is 5. The van der Waals surface area contributed by atoms with Gasteiger partial charge in [-0.15, -0.1) is 0 Å². The number of para-hydroxylation sites is 2.